The largest absolute Gasteiger partial charge is 0.464 e. The van der Waals surface area contributed by atoms with E-state index in [1.807, 2.05) is 6.92 Å². The third-order valence-electron chi connectivity index (χ3n) is 1.91. The van der Waals surface area contributed by atoms with Gasteiger partial charge in [-0.05, 0) is 12.3 Å². The molecule has 0 aliphatic rings. The fourth-order valence-corrected chi connectivity index (χ4v) is 0.967. The predicted molar refractivity (Wildman–Crippen MR) is 40.7 cm³/mol. The highest BCUT2D eigenvalue weighted by molar-refractivity contribution is 5.37. The monoisotopic (exact) mass is 144 g/mol. The van der Waals surface area contributed by atoms with Crippen LogP contribution in [0.4, 0.5) is 0 Å². The Morgan fingerprint density at radius 1 is 1.40 bits per heavy atom. The summed E-state index contributed by atoms with van der Waals surface area (Å²) in [5.74, 6) is 0.482. The van der Waals surface area contributed by atoms with Gasteiger partial charge in [-0.2, -0.15) is 0 Å². The summed E-state index contributed by atoms with van der Waals surface area (Å²) in [4.78, 5) is 9.97. The molecule has 0 bridgehead atoms. The van der Waals surface area contributed by atoms with Crippen LogP contribution in [0.1, 0.15) is 33.6 Å². The van der Waals surface area contributed by atoms with Crippen molar-refractivity contribution in [1.82, 2.24) is 0 Å². The summed E-state index contributed by atoms with van der Waals surface area (Å²) >= 11 is 0. The van der Waals surface area contributed by atoms with Gasteiger partial charge in [0.25, 0.3) is 6.47 Å². The van der Waals surface area contributed by atoms with E-state index in [4.69, 9.17) is 4.74 Å². The summed E-state index contributed by atoms with van der Waals surface area (Å²) in [6, 6.07) is 0. The van der Waals surface area contributed by atoms with Crippen molar-refractivity contribution in [3.05, 3.63) is 0 Å². The van der Waals surface area contributed by atoms with E-state index in [9.17, 15) is 4.79 Å². The van der Waals surface area contributed by atoms with Gasteiger partial charge in [-0.25, -0.2) is 0 Å². The van der Waals surface area contributed by atoms with E-state index in [1.165, 1.54) is 0 Å². The number of carbonyl (C=O) groups excluding carboxylic acids is 1. The molecule has 10 heavy (non-hydrogen) atoms. The van der Waals surface area contributed by atoms with E-state index in [0.29, 0.717) is 12.4 Å². The van der Waals surface area contributed by atoms with Gasteiger partial charge >= 0.3 is 0 Å². The van der Waals surface area contributed by atoms with Crippen molar-refractivity contribution in [2.24, 2.45) is 5.92 Å². The summed E-state index contributed by atoms with van der Waals surface area (Å²) in [7, 11) is 0. The molecule has 0 saturated carbocycles. The van der Waals surface area contributed by atoms with Gasteiger partial charge in [0.2, 0.25) is 0 Å². The summed E-state index contributed by atoms with van der Waals surface area (Å²) in [5.41, 5.74) is 0. The zero-order valence-corrected chi connectivity index (χ0v) is 6.96. The molecule has 0 aromatic rings. The van der Waals surface area contributed by atoms with E-state index < -0.39 is 0 Å². The lowest BCUT2D eigenvalue weighted by atomic mass is 10.0. The summed E-state index contributed by atoms with van der Waals surface area (Å²) in [5, 5.41) is 0. The van der Waals surface area contributed by atoms with Gasteiger partial charge in [-0.3, -0.25) is 4.79 Å². The average Bonchev–Trinajstić information content (AvgIpc) is 1.99. The van der Waals surface area contributed by atoms with Crippen LogP contribution in [-0.4, -0.2) is 12.6 Å². The topological polar surface area (TPSA) is 26.3 Å². The summed E-state index contributed by atoms with van der Waals surface area (Å²) < 4.78 is 4.86. The zero-order chi connectivity index (χ0) is 7.98. The number of carbonyl (C=O) groups is 1. The Morgan fingerprint density at radius 3 is 2.30 bits per heavy atom. The van der Waals surface area contributed by atoms with E-state index >= 15 is 0 Å². The van der Waals surface area contributed by atoms with Crippen LogP contribution in [0.5, 0.6) is 0 Å². The van der Waals surface area contributed by atoms with Crippen molar-refractivity contribution in [1.29, 1.82) is 0 Å². The summed E-state index contributed by atoms with van der Waals surface area (Å²) in [6.07, 6.45) is 2.09. The molecule has 2 nitrogen and oxygen atoms in total. The highest BCUT2D eigenvalue weighted by Crippen LogP contribution is 2.13. The molecule has 0 fully saturated rings. The van der Waals surface area contributed by atoms with Gasteiger partial charge in [0.05, 0.1) is 0 Å². The molecular formula is C8H16O2. The quantitative estimate of drug-likeness (QED) is 0.551. The lowest BCUT2D eigenvalue weighted by Gasteiger charge is -2.18. The highest BCUT2D eigenvalue weighted by Gasteiger charge is 2.13. The van der Waals surface area contributed by atoms with Crippen LogP contribution in [0.25, 0.3) is 0 Å². The van der Waals surface area contributed by atoms with Crippen LogP contribution in [0, 0.1) is 5.92 Å². The highest BCUT2D eigenvalue weighted by atomic mass is 16.5. The van der Waals surface area contributed by atoms with E-state index in [-0.39, 0.29) is 6.10 Å². The predicted octanol–water partition coefficient (Wildman–Crippen LogP) is 1.98. The maximum Gasteiger partial charge on any atom is 0.293 e. The lowest BCUT2D eigenvalue weighted by molar-refractivity contribution is -0.136. The molecule has 0 saturated heterocycles. The Hall–Kier alpha value is -0.530. The molecule has 0 rings (SSSR count). The molecular weight excluding hydrogens is 128 g/mol. The minimum absolute atomic E-state index is 0.113. The maximum absolute atomic E-state index is 9.97. The average molecular weight is 144 g/mol. The molecule has 0 spiro atoms. The first-order valence-corrected chi connectivity index (χ1v) is 3.85. The third kappa shape index (κ3) is 2.85. The minimum Gasteiger partial charge on any atom is -0.464 e. The van der Waals surface area contributed by atoms with E-state index in [0.717, 1.165) is 12.8 Å². The molecule has 0 N–H and O–H groups in total. The van der Waals surface area contributed by atoms with Crippen LogP contribution in [0.15, 0.2) is 0 Å². The Kier molecular flexibility index (Phi) is 4.99. The molecule has 60 valence electrons. The molecule has 0 radical (unpaired) electrons. The van der Waals surface area contributed by atoms with Crippen LogP contribution in [-0.2, 0) is 9.53 Å². The minimum atomic E-state index is 0.113. The second-order valence-corrected chi connectivity index (χ2v) is 2.56. The molecule has 0 heterocycles. The second kappa shape index (κ2) is 5.27. The normalized spacial score (nSPS) is 15.9. The Labute approximate surface area is 62.6 Å². The number of hydrogen-bond acceptors (Lipinski definition) is 2. The number of hydrogen-bond donors (Lipinski definition) is 0. The van der Waals surface area contributed by atoms with Crippen LogP contribution >= 0.6 is 0 Å². The number of rotatable bonds is 5. The molecule has 0 amide bonds. The fraction of sp³-hybridized carbons (Fsp3) is 0.875. The van der Waals surface area contributed by atoms with Crippen molar-refractivity contribution in [3.8, 4) is 0 Å². The maximum atomic E-state index is 9.97. The smallest absolute Gasteiger partial charge is 0.293 e. The third-order valence-corrected chi connectivity index (χ3v) is 1.91. The second-order valence-electron chi connectivity index (χ2n) is 2.56. The van der Waals surface area contributed by atoms with E-state index in [1.54, 1.807) is 0 Å². The zero-order valence-electron chi connectivity index (χ0n) is 6.96. The molecule has 2 unspecified atom stereocenters. The first kappa shape index (κ1) is 9.47. The van der Waals surface area contributed by atoms with Gasteiger partial charge in [-0.15, -0.1) is 0 Å². The van der Waals surface area contributed by atoms with Crippen molar-refractivity contribution >= 4 is 6.47 Å². The van der Waals surface area contributed by atoms with Gasteiger partial charge in [0.1, 0.15) is 6.10 Å². The van der Waals surface area contributed by atoms with Crippen LogP contribution in [0.2, 0.25) is 0 Å². The van der Waals surface area contributed by atoms with Gasteiger partial charge in [0, 0.05) is 0 Å². The van der Waals surface area contributed by atoms with Crippen LogP contribution in [0.3, 0.4) is 0 Å². The lowest BCUT2D eigenvalue weighted by Crippen LogP contribution is -2.19. The van der Waals surface area contributed by atoms with Crippen molar-refractivity contribution < 1.29 is 9.53 Å². The van der Waals surface area contributed by atoms with Crippen molar-refractivity contribution in [2.75, 3.05) is 0 Å². The summed E-state index contributed by atoms with van der Waals surface area (Å²) in [6.45, 7) is 6.76. The molecule has 2 heteroatoms. The van der Waals surface area contributed by atoms with Gasteiger partial charge in [-0.1, -0.05) is 27.2 Å². The van der Waals surface area contributed by atoms with Crippen molar-refractivity contribution in [3.63, 3.8) is 0 Å². The molecule has 0 aromatic heterocycles. The Balaban J connectivity index is 3.67. The fourth-order valence-electron chi connectivity index (χ4n) is 0.967. The van der Waals surface area contributed by atoms with Crippen LogP contribution < -0.4 is 0 Å². The first-order valence-electron chi connectivity index (χ1n) is 3.85. The van der Waals surface area contributed by atoms with Gasteiger partial charge < -0.3 is 4.74 Å². The Bertz CT molecular complexity index is 91.3. The number of ether oxygens (including phenoxy) is 1. The first-order chi connectivity index (χ1) is 4.76. The molecule has 2 atom stereocenters. The molecule has 0 aliphatic carbocycles. The SMILES string of the molecule is CCC(C)C(CC)OC=O. The van der Waals surface area contributed by atoms with E-state index in [2.05, 4.69) is 13.8 Å². The Morgan fingerprint density at radius 2 is 2.00 bits per heavy atom. The van der Waals surface area contributed by atoms with Crippen molar-refractivity contribution in [2.45, 2.75) is 39.7 Å². The molecule has 0 aliphatic heterocycles. The van der Waals surface area contributed by atoms with Gasteiger partial charge in [0.15, 0.2) is 0 Å². The standard InChI is InChI=1S/C8H16O2/c1-4-7(3)8(5-2)10-6-9/h6-8H,4-5H2,1-3H3. The molecule has 0 aromatic carbocycles.